The van der Waals surface area contributed by atoms with Crippen molar-refractivity contribution in [1.82, 2.24) is 4.90 Å². The molecule has 2 saturated carbocycles. The van der Waals surface area contributed by atoms with E-state index in [2.05, 4.69) is 34.7 Å². The Morgan fingerprint density at radius 3 is 2.85 bits per heavy atom. The van der Waals surface area contributed by atoms with E-state index < -0.39 is 0 Å². The quantitative estimate of drug-likeness (QED) is 0.713. The van der Waals surface area contributed by atoms with Crippen molar-refractivity contribution in [3.05, 3.63) is 21.7 Å². The number of nitrogens with zero attached hydrogens (tertiary/aromatic N) is 1. The number of benzene rings is 1. The second kappa shape index (κ2) is 6.21. The van der Waals surface area contributed by atoms with Crippen LogP contribution in [0, 0.1) is 18.8 Å². The minimum absolute atomic E-state index is 0.203. The van der Waals surface area contributed by atoms with E-state index in [4.69, 9.17) is 9.47 Å². The zero-order valence-corrected chi connectivity index (χ0v) is 18.0. The SMILES string of the molecule is COc1cc(Br)c(C)c2c1O[C@@H]1C(=O)CCC3C(C)N(CC4CC4)CC[C@]231. The van der Waals surface area contributed by atoms with E-state index in [1.165, 1.54) is 30.5 Å². The molecular formula is C22H28BrNO3. The van der Waals surface area contributed by atoms with Crippen molar-refractivity contribution in [2.45, 2.75) is 63.5 Å². The summed E-state index contributed by atoms with van der Waals surface area (Å²) in [6.45, 7) is 6.81. The van der Waals surface area contributed by atoms with Crippen molar-refractivity contribution in [3.8, 4) is 11.5 Å². The molecule has 4 nitrogen and oxygen atoms in total. The lowest BCUT2D eigenvalue weighted by molar-refractivity contribution is -0.137. The summed E-state index contributed by atoms with van der Waals surface area (Å²) in [4.78, 5) is 15.7. The van der Waals surface area contributed by atoms with Crippen molar-refractivity contribution in [2.75, 3.05) is 20.2 Å². The Kier molecular flexibility index (Phi) is 4.14. The first kappa shape index (κ1) is 18.0. The number of methoxy groups -OCH3 is 1. The predicted octanol–water partition coefficient (Wildman–Crippen LogP) is 4.25. The monoisotopic (exact) mass is 433 g/mol. The molecule has 1 spiro atoms. The summed E-state index contributed by atoms with van der Waals surface area (Å²) in [6, 6.07) is 2.46. The fourth-order valence-electron chi connectivity index (χ4n) is 6.09. The number of Topliss-reactive ketones (excluding diaryl/α,β-unsaturated/α-hetero) is 1. The Morgan fingerprint density at radius 1 is 1.37 bits per heavy atom. The minimum Gasteiger partial charge on any atom is -0.493 e. The van der Waals surface area contributed by atoms with E-state index in [9.17, 15) is 4.79 Å². The van der Waals surface area contributed by atoms with E-state index in [1.807, 2.05) is 6.07 Å². The molecule has 4 atom stereocenters. The molecule has 2 aliphatic carbocycles. The second-order valence-corrected chi connectivity index (χ2v) is 9.82. The van der Waals surface area contributed by atoms with Crippen molar-refractivity contribution in [1.29, 1.82) is 0 Å². The van der Waals surface area contributed by atoms with Gasteiger partial charge in [0.1, 0.15) is 0 Å². The Morgan fingerprint density at radius 2 is 2.15 bits per heavy atom. The number of halogens is 1. The van der Waals surface area contributed by atoms with Gasteiger partial charge in [-0.2, -0.15) is 0 Å². The zero-order chi connectivity index (χ0) is 18.9. The van der Waals surface area contributed by atoms with Gasteiger partial charge in [0, 0.05) is 34.5 Å². The van der Waals surface area contributed by atoms with Gasteiger partial charge in [0.2, 0.25) is 0 Å². The minimum atomic E-state index is -0.348. The number of fused-ring (bicyclic) bond motifs is 1. The van der Waals surface area contributed by atoms with Crippen LogP contribution < -0.4 is 9.47 Å². The molecule has 2 heterocycles. The van der Waals surface area contributed by atoms with E-state index in [1.54, 1.807) is 7.11 Å². The topological polar surface area (TPSA) is 38.8 Å². The number of carbonyl (C=O) groups is 1. The maximum atomic E-state index is 13.0. The lowest BCUT2D eigenvalue weighted by Gasteiger charge is -2.54. The summed E-state index contributed by atoms with van der Waals surface area (Å²) >= 11 is 3.72. The van der Waals surface area contributed by atoms with Gasteiger partial charge in [0.25, 0.3) is 0 Å². The van der Waals surface area contributed by atoms with Crippen LogP contribution in [-0.4, -0.2) is 43.0 Å². The maximum Gasteiger partial charge on any atom is 0.174 e. The molecule has 2 aliphatic heterocycles. The average molecular weight is 434 g/mol. The Balaban J connectivity index is 1.64. The molecule has 1 aromatic rings. The van der Waals surface area contributed by atoms with Crippen LogP contribution in [0.1, 0.15) is 50.2 Å². The largest absolute Gasteiger partial charge is 0.493 e. The van der Waals surface area contributed by atoms with E-state index >= 15 is 0 Å². The number of carbonyl (C=O) groups excluding carboxylic acids is 1. The number of piperidine rings is 1. The van der Waals surface area contributed by atoms with Crippen molar-refractivity contribution in [3.63, 3.8) is 0 Å². The van der Waals surface area contributed by atoms with Crippen molar-refractivity contribution in [2.24, 2.45) is 11.8 Å². The molecule has 5 heteroatoms. The van der Waals surface area contributed by atoms with Crippen LogP contribution in [0.4, 0.5) is 0 Å². The molecule has 1 saturated heterocycles. The van der Waals surface area contributed by atoms with Gasteiger partial charge < -0.3 is 14.4 Å². The lowest BCUT2D eigenvalue weighted by atomic mass is 9.55. The van der Waals surface area contributed by atoms with E-state index in [0.717, 1.165) is 41.3 Å². The highest BCUT2D eigenvalue weighted by Gasteiger charge is 2.63. The molecular weight excluding hydrogens is 406 g/mol. The highest BCUT2D eigenvalue weighted by atomic mass is 79.9. The molecule has 0 bridgehead atoms. The predicted molar refractivity (Wildman–Crippen MR) is 108 cm³/mol. The molecule has 0 aromatic heterocycles. The van der Waals surface area contributed by atoms with Gasteiger partial charge in [-0.1, -0.05) is 15.9 Å². The first-order valence-corrected chi connectivity index (χ1v) is 11.1. The average Bonchev–Trinajstić information content (AvgIpc) is 3.40. The Bertz CT molecular complexity index is 805. The van der Waals surface area contributed by atoms with Gasteiger partial charge in [0.15, 0.2) is 23.4 Å². The summed E-state index contributed by atoms with van der Waals surface area (Å²) < 4.78 is 13.1. The maximum absolute atomic E-state index is 13.0. The summed E-state index contributed by atoms with van der Waals surface area (Å²) in [6.07, 6.45) is 5.02. The molecule has 3 fully saturated rings. The molecule has 27 heavy (non-hydrogen) atoms. The molecule has 4 aliphatic rings. The highest BCUT2D eigenvalue weighted by Crippen LogP contribution is 2.61. The first-order chi connectivity index (χ1) is 13.0. The summed E-state index contributed by atoms with van der Waals surface area (Å²) in [7, 11) is 1.68. The zero-order valence-electron chi connectivity index (χ0n) is 16.4. The number of rotatable bonds is 3. The molecule has 0 radical (unpaired) electrons. The molecule has 0 amide bonds. The Labute approximate surface area is 169 Å². The van der Waals surface area contributed by atoms with Gasteiger partial charge >= 0.3 is 0 Å². The highest BCUT2D eigenvalue weighted by molar-refractivity contribution is 9.10. The smallest absolute Gasteiger partial charge is 0.174 e. The number of ketones is 1. The molecule has 2 unspecified atom stereocenters. The third kappa shape index (κ3) is 2.46. The van der Waals surface area contributed by atoms with Gasteiger partial charge in [-0.15, -0.1) is 0 Å². The van der Waals surface area contributed by atoms with Crippen molar-refractivity contribution >= 4 is 21.7 Å². The van der Waals surface area contributed by atoms with Gasteiger partial charge in [-0.05, 0) is 69.5 Å². The van der Waals surface area contributed by atoms with Crippen molar-refractivity contribution < 1.29 is 14.3 Å². The standard InChI is InChI=1S/C22H28BrNO3/c1-12-16(23)10-18(26-3)20-19(12)22-8-9-24(11-14-4-5-14)13(2)15(22)6-7-17(25)21(22)27-20/h10,13-15,21H,4-9,11H2,1-3H3/t13?,15?,21-,22-/m1/s1. The summed E-state index contributed by atoms with van der Waals surface area (Å²) in [5, 5.41) is 0. The number of ether oxygens (including phenoxy) is 2. The molecule has 0 N–H and O–H groups in total. The number of hydrogen-bond acceptors (Lipinski definition) is 4. The third-order valence-corrected chi connectivity index (χ3v) is 8.47. The van der Waals surface area contributed by atoms with E-state index in [0.29, 0.717) is 18.4 Å². The van der Waals surface area contributed by atoms with Crippen LogP contribution in [-0.2, 0) is 10.2 Å². The fourth-order valence-corrected chi connectivity index (χ4v) is 6.50. The first-order valence-electron chi connectivity index (χ1n) is 10.3. The number of likely N-dealkylation sites (tertiary alicyclic amines) is 1. The van der Waals surface area contributed by atoms with E-state index in [-0.39, 0.29) is 17.3 Å². The van der Waals surface area contributed by atoms with Gasteiger partial charge in [-0.25, -0.2) is 0 Å². The Hall–Kier alpha value is -1.07. The van der Waals surface area contributed by atoms with Crippen LogP contribution in [0.15, 0.2) is 10.5 Å². The molecule has 1 aromatic carbocycles. The van der Waals surface area contributed by atoms with Crippen LogP contribution >= 0.6 is 15.9 Å². The van der Waals surface area contributed by atoms with Crippen LogP contribution in [0.3, 0.4) is 0 Å². The van der Waals surface area contributed by atoms with Crippen LogP contribution in [0.5, 0.6) is 11.5 Å². The summed E-state index contributed by atoms with van der Waals surface area (Å²) in [5.74, 6) is 3.16. The summed E-state index contributed by atoms with van der Waals surface area (Å²) in [5.41, 5.74) is 2.23. The fraction of sp³-hybridized carbons (Fsp3) is 0.682. The lowest BCUT2D eigenvalue weighted by Crippen LogP contribution is -2.63. The molecule has 5 rings (SSSR count). The third-order valence-electron chi connectivity index (χ3n) is 7.65. The normalized spacial score (nSPS) is 35.3. The van der Waals surface area contributed by atoms with Crippen LogP contribution in [0.25, 0.3) is 0 Å². The molecule has 146 valence electrons. The number of hydrogen-bond donors (Lipinski definition) is 0. The van der Waals surface area contributed by atoms with Crippen LogP contribution in [0.2, 0.25) is 0 Å². The second-order valence-electron chi connectivity index (χ2n) is 8.97. The van der Waals surface area contributed by atoms with Gasteiger partial charge in [-0.3, -0.25) is 4.79 Å². The van der Waals surface area contributed by atoms with Gasteiger partial charge in [0.05, 0.1) is 7.11 Å².